The first-order valence-electron chi connectivity index (χ1n) is 10.8. The van der Waals surface area contributed by atoms with Gasteiger partial charge in [0.25, 0.3) is 0 Å². The van der Waals surface area contributed by atoms with E-state index in [-0.39, 0.29) is 22.1 Å². The fraction of sp³-hybridized carbons (Fsp3) is 0.476. The lowest BCUT2D eigenvalue weighted by atomic mass is 9.92. The summed E-state index contributed by atoms with van der Waals surface area (Å²) >= 11 is 0.352. The molecular formula is C21H23F3N6O2S2. The smallest absolute Gasteiger partial charge is 0.308 e. The Hall–Kier alpha value is -2.35. The highest BCUT2D eigenvalue weighted by Gasteiger charge is 2.41. The van der Waals surface area contributed by atoms with E-state index in [1.807, 2.05) is 26.8 Å². The quantitative estimate of drug-likeness (QED) is 0.538. The summed E-state index contributed by atoms with van der Waals surface area (Å²) in [6, 6.07) is 3.30. The SMILES string of the molecule is CC1C=C(c2cc(S(=O)(=O)NC3(C)CC3)cc3c2cnn3-c2nnc(C(F)(F)F)s2)CC(C)N1. The largest absolute Gasteiger partial charge is 0.445 e. The van der Waals surface area contributed by atoms with Crippen molar-refractivity contribution in [3.63, 3.8) is 0 Å². The van der Waals surface area contributed by atoms with Gasteiger partial charge in [-0.05, 0) is 63.3 Å². The lowest BCUT2D eigenvalue weighted by Crippen LogP contribution is -2.37. The highest BCUT2D eigenvalue weighted by molar-refractivity contribution is 7.89. The van der Waals surface area contributed by atoms with Crippen molar-refractivity contribution in [3.8, 4) is 5.13 Å². The van der Waals surface area contributed by atoms with Gasteiger partial charge in [-0.2, -0.15) is 18.3 Å². The van der Waals surface area contributed by atoms with E-state index < -0.39 is 26.7 Å². The predicted molar refractivity (Wildman–Crippen MR) is 122 cm³/mol. The minimum Gasteiger partial charge on any atom is -0.308 e. The average Bonchev–Trinajstić information content (AvgIpc) is 3.13. The third-order valence-electron chi connectivity index (χ3n) is 6.06. The normalized spacial score (nSPS) is 22.7. The predicted octanol–water partition coefficient (Wildman–Crippen LogP) is 3.88. The first kappa shape index (κ1) is 23.4. The van der Waals surface area contributed by atoms with Crippen molar-refractivity contribution in [1.29, 1.82) is 0 Å². The van der Waals surface area contributed by atoms with Crippen LogP contribution < -0.4 is 10.0 Å². The third-order valence-corrected chi connectivity index (χ3v) is 8.62. The van der Waals surface area contributed by atoms with Crippen LogP contribution in [0.5, 0.6) is 0 Å². The first-order valence-corrected chi connectivity index (χ1v) is 13.1. The second-order valence-electron chi connectivity index (χ2n) is 9.27. The molecule has 13 heteroatoms. The van der Waals surface area contributed by atoms with Gasteiger partial charge in [0.05, 0.1) is 16.6 Å². The zero-order valence-electron chi connectivity index (χ0n) is 18.6. The number of hydrogen-bond acceptors (Lipinski definition) is 7. The standard InChI is InChI=1S/C21H23F3N6O2S2/c1-11-6-13(7-12(2)26-11)15-8-14(34(31,32)29-20(3)4-5-20)9-17-16(15)10-25-30(17)19-28-27-18(33-19)21(22,23)24/h6,8-12,26,29H,4-5,7H2,1-3H3. The van der Waals surface area contributed by atoms with E-state index >= 15 is 0 Å². The van der Waals surface area contributed by atoms with Crippen molar-refractivity contribution >= 4 is 37.8 Å². The van der Waals surface area contributed by atoms with Crippen LogP contribution in [0.2, 0.25) is 0 Å². The lowest BCUT2D eigenvalue weighted by molar-refractivity contribution is -0.138. The molecule has 3 aromatic rings. The van der Waals surface area contributed by atoms with Gasteiger partial charge in [-0.3, -0.25) is 0 Å². The maximum absolute atomic E-state index is 13.3. The van der Waals surface area contributed by atoms with E-state index in [9.17, 15) is 21.6 Å². The molecule has 2 unspecified atom stereocenters. The number of hydrogen-bond donors (Lipinski definition) is 2. The van der Waals surface area contributed by atoms with Gasteiger partial charge in [-0.1, -0.05) is 17.4 Å². The Morgan fingerprint density at radius 3 is 2.59 bits per heavy atom. The van der Waals surface area contributed by atoms with Crippen LogP contribution in [-0.4, -0.2) is 46.0 Å². The molecule has 1 saturated carbocycles. The van der Waals surface area contributed by atoms with Crippen LogP contribution in [0.3, 0.4) is 0 Å². The summed E-state index contributed by atoms with van der Waals surface area (Å²) in [4.78, 5) is 0.0326. The van der Waals surface area contributed by atoms with Crippen LogP contribution in [0.1, 0.15) is 50.6 Å². The Morgan fingerprint density at radius 1 is 1.24 bits per heavy atom. The van der Waals surface area contributed by atoms with Crippen LogP contribution in [-0.2, 0) is 16.2 Å². The molecule has 182 valence electrons. The number of sulfonamides is 1. The number of nitrogens with one attached hydrogen (secondary N) is 2. The molecule has 1 fully saturated rings. The molecule has 2 aromatic heterocycles. The van der Waals surface area contributed by atoms with Crippen LogP contribution in [0.15, 0.2) is 29.3 Å². The molecular weight excluding hydrogens is 489 g/mol. The van der Waals surface area contributed by atoms with Gasteiger partial charge in [0.2, 0.25) is 20.2 Å². The molecule has 8 nitrogen and oxygen atoms in total. The Labute approximate surface area is 198 Å². The number of alkyl halides is 3. The van der Waals surface area contributed by atoms with Crippen molar-refractivity contribution in [3.05, 3.63) is 35.0 Å². The Morgan fingerprint density at radius 2 is 1.97 bits per heavy atom. The second kappa shape index (κ2) is 7.83. The summed E-state index contributed by atoms with van der Waals surface area (Å²) in [5.74, 6) is 0. The fourth-order valence-electron chi connectivity index (χ4n) is 4.22. The molecule has 0 bridgehead atoms. The van der Waals surface area contributed by atoms with Crippen molar-refractivity contribution < 1.29 is 21.6 Å². The minimum atomic E-state index is -4.63. The summed E-state index contributed by atoms with van der Waals surface area (Å²) in [5.41, 5.74) is 1.51. The summed E-state index contributed by atoms with van der Waals surface area (Å²) in [5, 5.41) is 14.0. The van der Waals surface area contributed by atoms with Crippen LogP contribution in [0.25, 0.3) is 21.6 Å². The van der Waals surface area contributed by atoms with Crippen molar-refractivity contribution in [1.82, 2.24) is 30.0 Å². The monoisotopic (exact) mass is 512 g/mol. The number of fused-ring (bicyclic) bond motifs is 1. The summed E-state index contributed by atoms with van der Waals surface area (Å²) in [6.45, 7) is 5.89. The molecule has 2 atom stereocenters. The second-order valence-corrected chi connectivity index (χ2v) is 11.9. The van der Waals surface area contributed by atoms with E-state index in [0.29, 0.717) is 34.2 Å². The molecule has 1 aromatic carbocycles. The fourth-order valence-corrected chi connectivity index (χ4v) is 6.41. The van der Waals surface area contributed by atoms with Crippen LogP contribution in [0, 0.1) is 0 Å². The van der Waals surface area contributed by atoms with Crippen molar-refractivity contribution in [2.75, 3.05) is 0 Å². The maximum Gasteiger partial charge on any atom is 0.445 e. The lowest BCUT2D eigenvalue weighted by Gasteiger charge is -2.26. The van der Waals surface area contributed by atoms with Crippen molar-refractivity contribution in [2.24, 2.45) is 0 Å². The van der Waals surface area contributed by atoms with Gasteiger partial charge in [0.15, 0.2) is 0 Å². The van der Waals surface area contributed by atoms with E-state index in [2.05, 4.69) is 25.3 Å². The van der Waals surface area contributed by atoms with E-state index in [1.54, 1.807) is 6.07 Å². The summed E-state index contributed by atoms with van der Waals surface area (Å²) in [6.07, 6.45) is 1.09. The number of benzene rings is 1. The number of rotatable bonds is 5. The maximum atomic E-state index is 13.3. The number of halogens is 3. The van der Waals surface area contributed by atoms with Gasteiger partial charge in [0, 0.05) is 23.0 Å². The first-order chi connectivity index (χ1) is 15.8. The van der Waals surface area contributed by atoms with Gasteiger partial charge >= 0.3 is 6.18 Å². The zero-order chi connectivity index (χ0) is 24.5. The highest BCUT2D eigenvalue weighted by Crippen LogP contribution is 2.39. The molecule has 0 spiro atoms. The van der Waals surface area contributed by atoms with Crippen LogP contribution in [0.4, 0.5) is 13.2 Å². The van der Waals surface area contributed by atoms with Gasteiger partial charge < -0.3 is 5.32 Å². The summed E-state index contributed by atoms with van der Waals surface area (Å²) < 4.78 is 69.8. The molecule has 2 aliphatic rings. The number of aromatic nitrogens is 4. The van der Waals surface area contributed by atoms with Gasteiger partial charge in [-0.25, -0.2) is 17.8 Å². The Kier molecular flexibility index (Phi) is 5.39. The van der Waals surface area contributed by atoms with E-state index in [4.69, 9.17) is 0 Å². The summed E-state index contributed by atoms with van der Waals surface area (Å²) in [7, 11) is -3.88. The Balaban J connectivity index is 1.70. The average molecular weight is 513 g/mol. The molecule has 1 aliphatic carbocycles. The van der Waals surface area contributed by atoms with Gasteiger partial charge in [-0.15, -0.1) is 10.2 Å². The highest BCUT2D eigenvalue weighted by atomic mass is 32.2. The molecule has 5 rings (SSSR count). The molecule has 2 N–H and O–H groups in total. The number of nitrogens with zero attached hydrogens (tertiary/aromatic N) is 4. The van der Waals surface area contributed by atoms with E-state index in [1.165, 1.54) is 16.9 Å². The third kappa shape index (κ3) is 4.37. The zero-order valence-corrected chi connectivity index (χ0v) is 20.3. The molecule has 1 aliphatic heterocycles. The topological polar surface area (TPSA) is 102 Å². The molecule has 34 heavy (non-hydrogen) atoms. The molecule has 0 saturated heterocycles. The molecule has 0 radical (unpaired) electrons. The van der Waals surface area contributed by atoms with Crippen LogP contribution >= 0.6 is 11.3 Å². The van der Waals surface area contributed by atoms with E-state index in [0.717, 1.165) is 18.4 Å². The molecule has 3 heterocycles. The Bertz CT molecular complexity index is 1410. The van der Waals surface area contributed by atoms with Gasteiger partial charge in [0.1, 0.15) is 0 Å². The van der Waals surface area contributed by atoms with Crippen molar-refractivity contribution in [2.45, 2.75) is 68.7 Å². The molecule has 0 amide bonds. The minimum absolute atomic E-state index is 0.0326.